The van der Waals surface area contributed by atoms with Gasteiger partial charge in [0.25, 0.3) is 5.56 Å². The molecular formula is C22H23N3O4S. The minimum absolute atomic E-state index is 0.166. The Balaban J connectivity index is 1.63. The summed E-state index contributed by atoms with van der Waals surface area (Å²) in [6.45, 7) is 3.07. The number of nitrogens with zero attached hydrogens (tertiary/aromatic N) is 3. The molecule has 0 unspecified atom stereocenters. The number of rotatable bonds is 6. The molecule has 0 radical (unpaired) electrons. The average Bonchev–Trinajstić information content (AvgIpc) is 3.19. The summed E-state index contributed by atoms with van der Waals surface area (Å²) in [4.78, 5) is 33.1. The summed E-state index contributed by atoms with van der Waals surface area (Å²) in [6, 6.07) is 9.21. The summed E-state index contributed by atoms with van der Waals surface area (Å²) in [5.41, 5.74) is 1.75. The maximum Gasteiger partial charge on any atom is 0.343 e. The lowest BCUT2D eigenvalue weighted by molar-refractivity contribution is 0.0592. The molecule has 4 rings (SSSR count). The van der Waals surface area contributed by atoms with Crippen LogP contribution in [0.25, 0.3) is 0 Å². The number of hydrogen-bond acceptors (Lipinski definition) is 7. The fourth-order valence-corrected chi connectivity index (χ4v) is 4.40. The van der Waals surface area contributed by atoms with Crippen LogP contribution >= 0.6 is 11.3 Å². The Morgan fingerprint density at radius 1 is 1.20 bits per heavy atom. The molecule has 4 heterocycles. The second kappa shape index (κ2) is 9.23. The van der Waals surface area contributed by atoms with Crippen molar-refractivity contribution in [1.82, 2.24) is 14.5 Å². The summed E-state index contributed by atoms with van der Waals surface area (Å²) in [5, 5.41) is 2.06. The van der Waals surface area contributed by atoms with E-state index < -0.39 is 5.97 Å². The molecule has 0 amide bonds. The highest BCUT2D eigenvalue weighted by Crippen LogP contribution is 2.25. The van der Waals surface area contributed by atoms with Crippen molar-refractivity contribution in [1.29, 1.82) is 0 Å². The van der Waals surface area contributed by atoms with E-state index >= 15 is 0 Å². The van der Waals surface area contributed by atoms with Gasteiger partial charge in [-0.1, -0.05) is 6.07 Å². The zero-order valence-corrected chi connectivity index (χ0v) is 17.6. The third-order valence-electron chi connectivity index (χ3n) is 5.18. The molecule has 7 nitrogen and oxygen atoms in total. The van der Waals surface area contributed by atoms with E-state index in [1.165, 1.54) is 18.1 Å². The topological polar surface area (TPSA) is 73.7 Å². The number of pyridine rings is 2. The number of carbonyl (C=O) groups excluding carboxylic acids is 1. The van der Waals surface area contributed by atoms with Crippen LogP contribution in [0.4, 0.5) is 0 Å². The first-order valence-electron chi connectivity index (χ1n) is 9.77. The fraction of sp³-hybridized carbons (Fsp3) is 0.318. The highest BCUT2D eigenvalue weighted by atomic mass is 32.1. The summed E-state index contributed by atoms with van der Waals surface area (Å²) in [5.74, 6) is -0.225. The minimum atomic E-state index is -0.491. The van der Waals surface area contributed by atoms with E-state index in [0.717, 1.165) is 25.2 Å². The lowest BCUT2D eigenvalue weighted by Crippen LogP contribution is -2.29. The molecule has 3 aromatic rings. The number of carbonyl (C=O) groups is 1. The normalized spacial score (nSPS) is 14.0. The summed E-state index contributed by atoms with van der Waals surface area (Å²) in [6.07, 6.45) is 3.92. The summed E-state index contributed by atoms with van der Waals surface area (Å²) < 4.78 is 12.6. The highest BCUT2D eigenvalue weighted by molar-refractivity contribution is 7.09. The molecule has 1 aliphatic rings. The molecule has 0 saturated carbocycles. The molecule has 156 valence electrons. The molecule has 8 heteroatoms. The Morgan fingerprint density at radius 3 is 2.77 bits per heavy atom. The maximum absolute atomic E-state index is 12.8. The average molecular weight is 426 g/mol. The molecular weight excluding hydrogens is 402 g/mol. The van der Waals surface area contributed by atoms with Gasteiger partial charge in [0, 0.05) is 61.6 Å². The largest absolute Gasteiger partial charge is 0.488 e. The molecule has 0 spiro atoms. The molecule has 30 heavy (non-hydrogen) atoms. The van der Waals surface area contributed by atoms with Gasteiger partial charge in [-0.05, 0) is 29.1 Å². The van der Waals surface area contributed by atoms with Crippen LogP contribution in [0.3, 0.4) is 0 Å². The van der Waals surface area contributed by atoms with Gasteiger partial charge in [-0.3, -0.25) is 14.7 Å². The molecule has 0 aromatic carbocycles. The molecule has 0 saturated heterocycles. The van der Waals surface area contributed by atoms with Crippen molar-refractivity contribution in [3.63, 3.8) is 0 Å². The highest BCUT2D eigenvalue weighted by Gasteiger charge is 2.26. The second-order valence-corrected chi connectivity index (χ2v) is 8.09. The van der Waals surface area contributed by atoms with Crippen molar-refractivity contribution in [2.24, 2.45) is 0 Å². The maximum atomic E-state index is 12.8. The zero-order valence-electron chi connectivity index (χ0n) is 16.7. The quantitative estimate of drug-likeness (QED) is 0.566. The van der Waals surface area contributed by atoms with Gasteiger partial charge in [0.05, 0.1) is 7.11 Å². The predicted molar refractivity (Wildman–Crippen MR) is 114 cm³/mol. The molecule has 0 N–H and O–H groups in total. The van der Waals surface area contributed by atoms with E-state index in [0.29, 0.717) is 24.2 Å². The fourth-order valence-electron chi connectivity index (χ4n) is 3.65. The Bertz CT molecular complexity index is 1060. The smallest absolute Gasteiger partial charge is 0.343 e. The monoisotopic (exact) mass is 425 g/mol. The van der Waals surface area contributed by atoms with Crippen molar-refractivity contribution in [2.75, 3.05) is 20.2 Å². The first-order chi connectivity index (χ1) is 14.7. The Kier molecular flexibility index (Phi) is 6.25. The van der Waals surface area contributed by atoms with Gasteiger partial charge in [-0.15, -0.1) is 11.3 Å². The van der Waals surface area contributed by atoms with Crippen molar-refractivity contribution >= 4 is 17.3 Å². The second-order valence-electron chi connectivity index (χ2n) is 7.06. The van der Waals surface area contributed by atoms with E-state index in [9.17, 15) is 9.59 Å². The first kappa shape index (κ1) is 20.3. The lowest BCUT2D eigenvalue weighted by Gasteiger charge is -2.18. The van der Waals surface area contributed by atoms with Crippen LogP contribution in [0.2, 0.25) is 0 Å². The van der Waals surface area contributed by atoms with Gasteiger partial charge in [0.15, 0.2) is 0 Å². The number of fused-ring (bicyclic) bond motifs is 1. The van der Waals surface area contributed by atoms with Gasteiger partial charge in [0.1, 0.15) is 17.9 Å². The molecule has 0 fully saturated rings. The van der Waals surface area contributed by atoms with Crippen LogP contribution in [-0.4, -0.2) is 40.6 Å². The number of aromatic nitrogens is 2. The molecule has 0 bridgehead atoms. The molecule has 3 aromatic heterocycles. The van der Waals surface area contributed by atoms with E-state index in [2.05, 4.69) is 21.3 Å². The summed E-state index contributed by atoms with van der Waals surface area (Å²) >= 11 is 1.72. The van der Waals surface area contributed by atoms with E-state index in [4.69, 9.17) is 9.47 Å². The first-order valence-corrected chi connectivity index (χ1v) is 10.6. The van der Waals surface area contributed by atoms with Gasteiger partial charge < -0.3 is 14.0 Å². The zero-order chi connectivity index (χ0) is 20.9. The van der Waals surface area contributed by atoms with Gasteiger partial charge >= 0.3 is 5.97 Å². The van der Waals surface area contributed by atoms with Gasteiger partial charge in [-0.2, -0.15) is 0 Å². The third kappa shape index (κ3) is 4.44. The number of thiophene rings is 1. The molecule has 0 aliphatic carbocycles. The SMILES string of the molecule is COC(=O)c1c(OCc2ccncc2)cc(=O)n2c1CCN(Cc1cccs1)CC2. The number of hydrogen-bond donors (Lipinski definition) is 0. The van der Waals surface area contributed by atoms with E-state index in [-0.39, 0.29) is 17.9 Å². The van der Waals surface area contributed by atoms with Crippen molar-refractivity contribution in [3.8, 4) is 5.75 Å². The van der Waals surface area contributed by atoms with E-state index in [1.54, 1.807) is 28.3 Å². The van der Waals surface area contributed by atoms with Crippen LogP contribution in [0.15, 0.2) is 52.9 Å². The lowest BCUT2D eigenvalue weighted by atomic mass is 10.1. The van der Waals surface area contributed by atoms with Crippen LogP contribution in [0.5, 0.6) is 5.75 Å². The molecule has 1 aliphatic heterocycles. The third-order valence-corrected chi connectivity index (χ3v) is 6.04. The van der Waals surface area contributed by atoms with Crippen LogP contribution in [0.1, 0.15) is 26.5 Å². The van der Waals surface area contributed by atoms with Crippen molar-refractivity contribution in [3.05, 3.63) is 80.2 Å². The van der Waals surface area contributed by atoms with Crippen molar-refractivity contribution < 1.29 is 14.3 Å². The van der Waals surface area contributed by atoms with E-state index in [1.807, 2.05) is 18.2 Å². The van der Waals surface area contributed by atoms with Crippen LogP contribution in [0, 0.1) is 0 Å². The van der Waals surface area contributed by atoms with Gasteiger partial charge in [-0.25, -0.2) is 4.79 Å². The van der Waals surface area contributed by atoms with Gasteiger partial charge in [0.2, 0.25) is 0 Å². The van der Waals surface area contributed by atoms with Crippen molar-refractivity contribution in [2.45, 2.75) is 26.1 Å². The number of methoxy groups -OCH3 is 1. The molecule has 0 atom stereocenters. The summed E-state index contributed by atoms with van der Waals surface area (Å²) in [7, 11) is 1.34. The predicted octanol–water partition coefficient (Wildman–Crippen LogP) is 2.73. The van der Waals surface area contributed by atoms with Crippen LogP contribution < -0.4 is 10.3 Å². The number of esters is 1. The Morgan fingerprint density at radius 2 is 2.03 bits per heavy atom. The minimum Gasteiger partial charge on any atom is -0.488 e. The Labute approximate surface area is 178 Å². The standard InChI is InChI=1S/C22H23N3O4S/c1-28-22(27)21-18-6-9-24(14-17-3-2-12-30-17)10-11-25(18)20(26)13-19(21)29-15-16-4-7-23-8-5-16/h2-5,7-8,12-13H,6,9-11,14-15H2,1H3. The van der Waals surface area contributed by atoms with Crippen LogP contribution in [-0.2, 0) is 30.9 Å². The Hall–Kier alpha value is -2.97. The number of ether oxygens (including phenoxy) is 2.